The molecular formula is C15H17F3O3. The highest BCUT2D eigenvalue weighted by molar-refractivity contribution is 5.54. The number of halogens is 3. The zero-order valence-corrected chi connectivity index (χ0v) is 11.5. The zero-order chi connectivity index (χ0) is 15.3. The number of hydrogen-bond donors (Lipinski definition) is 0. The lowest BCUT2D eigenvalue weighted by molar-refractivity contribution is -0.275. The average Bonchev–Trinajstić information content (AvgIpc) is 2.45. The molecule has 1 fully saturated rings. The van der Waals surface area contributed by atoms with Gasteiger partial charge < -0.3 is 14.2 Å². The standard InChI is InChI=1S/C15H17F3O3/c1-2-11-3-4-13(14(9-11)21-15(16,17)18)20-10-12-5-7-19-8-6-12/h2-4,9,12H,1,5-8,10H2. The molecule has 1 heterocycles. The molecule has 0 N–H and O–H groups in total. The number of rotatable bonds is 5. The van der Waals surface area contributed by atoms with E-state index in [0.717, 1.165) is 12.8 Å². The third kappa shape index (κ3) is 4.97. The number of hydrogen-bond acceptors (Lipinski definition) is 3. The summed E-state index contributed by atoms with van der Waals surface area (Å²) in [6.07, 6.45) is -1.61. The molecule has 0 radical (unpaired) electrons. The second-order valence-electron chi connectivity index (χ2n) is 4.82. The van der Waals surface area contributed by atoms with Gasteiger partial charge in [0.25, 0.3) is 0 Å². The molecule has 0 atom stereocenters. The van der Waals surface area contributed by atoms with Gasteiger partial charge in [-0.25, -0.2) is 0 Å². The fraction of sp³-hybridized carbons (Fsp3) is 0.467. The summed E-state index contributed by atoms with van der Waals surface area (Å²) in [4.78, 5) is 0. The van der Waals surface area contributed by atoms with Crippen LogP contribution >= 0.6 is 0 Å². The summed E-state index contributed by atoms with van der Waals surface area (Å²) in [6.45, 7) is 5.20. The monoisotopic (exact) mass is 302 g/mol. The van der Waals surface area contributed by atoms with Crippen molar-refractivity contribution in [2.24, 2.45) is 5.92 Å². The molecule has 3 nitrogen and oxygen atoms in total. The molecule has 0 bridgehead atoms. The number of ether oxygens (including phenoxy) is 3. The smallest absolute Gasteiger partial charge is 0.489 e. The van der Waals surface area contributed by atoms with Gasteiger partial charge in [-0.05, 0) is 36.5 Å². The number of benzene rings is 1. The Balaban J connectivity index is 2.07. The zero-order valence-electron chi connectivity index (χ0n) is 11.5. The van der Waals surface area contributed by atoms with Crippen molar-refractivity contribution in [2.45, 2.75) is 19.2 Å². The van der Waals surface area contributed by atoms with Crippen LogP contribution in [-0.2, 0) is 4.74 Å². The van der Waals surface area contributed by atoms with Gasteiger partial charge in [0.1, 0.15) is 0 Å². The van der Waals surface area contributed by atoms with E-state index in [0.29, 0.717) is 25.4 Å². The molecule has 6 heteroatoms. The van der Waals surface area contributed by atoms with E-state index >= 15 is 0 Å². The van der Waals surface area contributed by atoms with Crippen molar-refractivity contribution in [3.8, 4) is 11.5 Å². The van der Waals surface area contributed by atoms with Gasteiger partial charge in [0.05, 0.1) is 6.61 Å². The minimum Gasteiger partial charge on any atom is -0.489 e. The molecule has 0 spiro atoms. The molecule has 116 valence electrons. The lowest BCUT2D eigenvalue weighted by Crippen LogP contribution is -2.22. The van der Waals surface area contributed by atoms with Crippen molar-refractivity contribution >= 4 is 6.08 Å². The van der Waals surface area contributed by atoms with Gasteiger partial charge in [-0.1, -0.05) is 18.7 Å². The van der Waals surface area contributed by atoms with Crippen LogP contribution in [0.15, 0.2) is 24.8 Å². The van der Waals surface area contributed by atoms with Crippen molar-refractivity contribution in [2.75, 3.05) is 19.8 Å². The Hall–Kier alpha value is -1.69. The van der Waals surface area contributed by atoms with Crippen LogP contribution in [0, 0.1) is 5.92 Å². The topological polar surface area (TPSA) is 27.7 Å². The molecule has 1 saturated heterocycles. The van der Waals surface area contributed by atoms with Crippen LogP contribution in [0.3, 0.4) is 0 Å². The van der Waals surface area contributed by atoms with Crippen LogP contribution in [0.4, 0.5) is 13.2 Å². The summed E-state index contributed by atoms with van der Waals surface area (Å²) in [5.41, 5.74) is 0.535. The normalized spacial score (nSPS) is 16.5. The van der Waals surface area contributed by atoms with Crippen LogP contribution in [0.1, 0.15) is 18.4 Å². The van der Waals surface area contributed by atoms with E-state index in [1.54, 1.807) is 6.07 Å². The van der Waals surface area contributed by atoms with E-state index in [-0.39, 0.29) is 17.4 Å². The minimum atomic E-state index is -4.75. The highest BCUT2D eigenvalue weighted by Gasteiger charge is 2.32. The second kappa shape index (κ2) is 6.85. The van der Waals surface area contributed by atoms with Crippen molar-refractivity contribution in [3.05, 3.63) is 30.3 Å². The van der Waals surface area contributed by atoms with E-state index in [9.17, 15) is 13.2 Å². The quantitative estimate of drug-likeness (QED) is 0.822. The minimum absolute atomic E-state index is 0.0874. The van der Waals surface area contributed by atoms with E-state index in [1.807, 2.05) is 0 Å². The van der Waals surface area contributed by atoms with Crippen molar-refractivity contribution in [1.82, 2.24) is 0 Å². The highest BCUT2D eigenvalue weighted by Crippen LogP contribution is 2.34. The Morgan fingerprint density at radius 2 is 1.95 bits per heavy atom. The average molecular weight is 302 g/mol. The summed E-state index contributed by atoms with van der Waals surface area (Å²) in [6, 6.07) is 4.37. The van der Waals surface area contributed by atoms with Gasteiger partial charge >= 0.3 is 6.36 Å². The van der Waals surface area contributed by atoms with E-state index < -0.39 is 6.36 Å². The molecule has 1 aromatic carbocycles. The van der Waals surface area contributed by atoms with Gasteiger partial charge in [0.2, 0.25) is 0 Å². The van der Waals surface area contributed by atoms with Gasteiger partial charge in [-0.15, -0.1) is 13.2 Å². The maximum absolute atomic E-state index is 12.4. The lowest BCUT2D eigenvalue weighted by atomic mass is 10.0. The SMILES string of the molecule is C=Cc1ccc(OCC2CCOCC2)c(OC(F)(F)F)c1. The summed E-state index contributed by atoms with van der Waals surface area (Å²) >= 11 is 0. The molecule has 1 aliphatic heterocycles. The predicted octanol–water partition coefficient (Wildman–Crippen LogP) is 4.03. The fourth-order valence-corrected chi connectivity index (χ4v) is 2.10. The van der Waals surface area contributed by atoms with Crippen LogP contribution in [0.25, 0.3) is 6.08 Å². The van der Waals surface area contributed by atoms with Crippen LogP contribution in [0.5, 0.6) is 11.5 Å². The van der Waals surface area contributed by atoms with E-state index in [1.165, 1.54) is 18.2 Å². The molecule has 0 unspecified atom stereocenters. The molecule has 1 aliphatic rings. The highest BCUT2D eigenvalue weighted by atomic mass is 19.4. The Kier molecular flexibility index (Phi) is 5.12. The van der Waals surface area contributed by atoms with E-state index in [4.69, 9.17) is 9.47 Å². The van der Waals surface area contributed by atoms with Crippen molar-refractivity contribution in [1.29, 1.82) is 0 Å². The predicted molar refractivity (Wildman–Crippen MR) is 72.3 cm³/mol. The summed E-state index contributed by atoms with van der Waals surface area (Å²) < 4.78 is 52.1. The van der Waals surface area contributed by atoms with Gasteiger partial charge in [-0.3, -0.25) is 0 Å². The molecule has 2 rings (SSSR count). The van der Waals surface area contributed by atoms with Crippen LogP contribution in [0.2, 0.25) is 0 Å². The molecule has 21 heavy (non-hydrogen) atoms. The Morgan fingerprint density at radius 3 is 2.57 bits per heavy atom. The third-order valence-electron chi connectivity index (χ3n) is 3.24. The Bertz CT molecular complexity index is 480. The summed E-state index contributed by atoms with van der Waals surface area (Å²) in [5.74, 6) is 0.0351. The fourth-order valence-electron chi connectivity index (χ4n) is 2.10. The maximum atomic E-state index is 12.4. The molecule has 1 aromatic rings. The summed E-state index contributed by atoms with van der Waals surface area (Å²) in [7, 11) is 0. The van der Waals surface area contributed by atoms with Crippen LogP contribution in [-0.4, -0.2) is 26.2 Å². The first kappa shape index (κ1) is 15.7. The first-order chi connectivity index (χ1) is 9.98. The lowest BCUT2D eigenvalue weighted by Gasteiger charge is -2.23. The van der Waals surface area contributed by atoms with Gasteiger partial charge in [-0.2, -0.15) is 0 Å². The van der Waals surface area contributed by atoms with Gasteiger partial charge in [0.15, 0.2) is 11.5 Å². The Labute approximate surface area is 121 Å². The third-order valence-corrected chi connectivity index (χ3v) is 3.24. The largest absolute Gasteiger partial charge is 0.573 e. The molecule has 0 aromatic heterocycles. The van der Waals surface area contributed by atoms with Crippen LogP contribution < -0.4 is 9.47 Å². The first-order valence-electron chi connectivity index (χ1n) is 6.71. The molecular weight excluding hydrogens is 285 g/mol. The van der Waals surface area contributed by atoms with E-state index in [2.05, 4.69) is 11.3 Å². The molecule has 0 aliphatic carbocycles. The molecule has 0 amide bonds. The maximum Gasteiger partial charge on any atom is 0.573 e. The number of alkyl halides is 3. The molecule has 0 saturated carbocycles. The van der Waals surface area contributed by atoms with Crippen molar-refractivity contribution < 1.29 is 27.4 Å². The van der Waals surface area contributed by atoms with Crippen molar-refractivity contribution in [3.63, 3.8) is 0 Å². The second-order valence-corrected chi connectivity index (χ2v) is 4.82. The Morgan fingerprint density at radius 1 is 1.24 bits per heavy atom. The first-order valence-corrected chi connectivity index (χ1v) is 6.71. The van der Waals surface area contributed by atoms with Gasteiger partial charge in [0, 0.05) is 13.2 Å². The summed E-state index contributed by atoms with van der Waals surface area (Å²) in [5, 5.41) is 0.